The second kappa shape index (κ2) is 6.09. The highest BCUT2D eigenvalue weighted by Gasteiger charge is 2.33. The molecule has 0 amide bonds. The summed E-state index contributed by atoms with van der Waals surface area (Å²) >= 11 is 0. The number of para-hydroxylation sites is 1. The molecular formula is C13H18F3NO. The van der Waals surface area contributed by atoms with Crippen LogP contribution in [0.1, 0.15) is 31.9 Å². The lowest BCUT2D eigenvalue weighted by Crippen LogP contribution is -2.36. The maximum atomic E-state index is 12.5. The number of alkyl halides is 3. The molecule has 102 valence electrons. The van der Waals surface area contributed by atoms with Gasteiger partial charge in [0.25, 0.3) is 0 Å². The molecule has 1 N–H and O–H groups in total. The predicted molar refractivity (Wildman–Crippen MR) is 64.4 cm³/mol. The molecule has 2 nitrogen and oxygen atoms in total. The van der Waals surface area contributed by atoms with E-state index in [9.17, 15) is 18.3 Å². The number of aromatic hydroxyl groups is 1. The van der Waals surface area contributed by atoms with Crippen molar-refractivity contribution in [3.63, 3.8) is 0 Å². The van der Waals surface area contributed by atoms with Crippen LogP contribution < -0.4 is 0 Å². The zero-order valence-corrected chi connectivity index (χ0v) is 10.5. The highest BCUT2D eigenvalue weighted by molar-refractivity contribution is 5.34. The average molecular weight is 261 g/mol. The van der Waals surface area contributed by atoms with E-state index in [0.717, 1.165) is 0 Å². The lowest BCUT2D eigenvalue weighted by molar-refractivity contribution is -0.150. The second-order valence-electron chi connectivity index (χ2n) is 4.32. The molecule has 5 heteroatoms. The van der Waals surface area contributed by atoms with E-state index in [1.807, 2.05) is 6.92 Å². The van der Waals surface area contributed by atoms with Crippen LogP contribution >= 0.6 is 0 Å². The monoisotopic (exact) mass is 261 g/mol. The van der Waals surface area contributed by atoms with Gasteiger partial charge in [0, 0.05) is 11.6 Å². The molecule has 0 saturated heterocycles. The third-order valence-electron chi connectivity index (χ3n) is 2.83. The first-order chi connectivity index (χ1) is 8.35. The molecule has 0 aliphatic rings. The first-order valence-corrected chi connectivity index (χ1v) is 5.94. The molecular weight excluding hydrogens is 243 g/mol. The Labute approximate surface area is 105 Å². The van der Waals surface area contributed by atoms with Crippen LogP contribution in [0.2, 0.25) is 0 Å². The number of rotatable bonds is 5. The standard InChI is InChI=1S/C13H18F3NO/c1-3-8-17(9-13(14,15)16)10(2)11-6-4-5-7-12(11)18/h4-7,10,18H,3,8-9H2,1-2H3. The van der Waals surface area contributed by atoms with Gasteiger partial charge in [-0.1, -0.05) is 25.1 Å². The normalized spacial score (nSPS) is 13.9. The molecule has 1 atom stereocenters. The summed E-state index contributed by atoms with van der Waals surface area (Å²) in [6, 6.07) is 6.04. The maximum Gasteiger partial charge on any atom is 0.401 e. The molecule has 0 aromatic heterocycles. The zero-order chi connectivity index (χ0) is 13.8. The van der Waals surface area contributed by atoms with Gasteiger partial charge >= 0.3 is 6.18 Å². The highest BCUT2D eigenvalue weighted by atomic mass is 19.4. The fourth-order valence-electron chi connectivity index (χ4n) is 1.96. The van der Waals surface area contributed by atoms with E-state index in [0.29, 0.717) is 18.5 Å². The van der Waals surface area contributed by atoms with Crippen LogP contribution in [0.25, 0.3) is 0 Å². The van der Waals surface area contributed by atoms with E-state index in [1.165, 1.54) is 11.0 Å². The molecule has 0 saturated carbocycles. The molecule has 18 heavy (non-hydrogen) atoms. The van der Waals surface area contributed by atoms with E-state index in [-0.39, 0.29) is 5.75 Å². The highest BCUT2D eigenvalue weighted by Crippen LogP contribution is 2.30. The number of nitrogens with zero attached hydrogens (tertiary/aromatic N) is 1. The Hall–Kier alpha value is -1.23. The predicted octanol–water partition coefficient (Wildman–Crippen LogP) is 3.73. The summed E-state index contributed by atoms with van der Waals surface area (Å²) in [7, 11) is 0. The molecule has 0 aliphatic heterocycles. The van der Waals surface area contributed by atoms with Crippen LogP contribution in [0.3, 0.4) is 0 Å². The van der Waals surface area contributed by atoms with Gasteiger partial charge in [-0.05, 0) is 26.0 Å². The SMILES string of the molecule is CCCN(CC(F)(F)F)C(C)c1ccccc1O. The van der Waals surface area contributed by atoms with Gasteiger partial charge < -0.3 is 5.11 Å². The molecule has 0 radical (unpaired) electrons. The third kappa shape index (κ3) is 4.22. The van der Waals surface area contributed by atoms with E-state index < -0.39 is 18.8 Å². The molecule has 0 heterocycles. The van der Waals surface area contributed by atoms with Crippen molar-refractivity contribution in [2.75, 3.05) is 13.1 Å². The number of benzene rings is 1. The van der Waals surface area contributed by atoms with Crippen molar-refractivity contribution in [1.82, 2.24) is 4.90 Å². The molecule has 1 rings (SSSR count). The summed E-state index contributed by atoms with van der Waals surface area (Å²) in [5, 5.41) is 9.69. The van der Waals surface area contributed by atoms with Gasteiger partial charge in [-0.2, -0.15) is 13.2 Å². The number of phenols is 1. The second-order valence-corrected chi connectivity index (χ2v) is 4.32. The Morgan fingerprint density at radius 3 is 2.39 bits per heavy atom. The molecule has 0 aliphatic carbocycles. The van der Waals surface area contributed by atoms with Crippen LogP contribution in [-0.4, -0.2) is 29.3 Å². The minimum Gasteiger partial charge on any atom is -0.508 e. The van der Waals surface area contributed by atoms with Crippen LogP contribution in [0.5, 0.6) is 5.75 Å². The summed E-state index contributed by atoms with van der Waals surface area (Å²) < 4.78 is 37.5. The number of halogens is 3. The van der Waals surface area contributed by atoms with Gasteiger partial charge in [-0.15, -0.1) is 0 Å². The fourth-order valence-corrected chi connectivity index (χ4v) is 1.96. The van der Waals surface area contributed by atoms with Gasteiger partial charge in [0.15, 0.2) is 0 Å². The van der Waals surface area contributed by atoms with Crippen molar-refractivity contribution in [2.45, 2.75) is 32.5 Å². The molecule has 0 spiro atoms. The molecule has 1 aromatic carbocycles. The van der Waals surface area contributed by atoms with Crippen LogP contribution in [0.4, 0.5) is 13.2 Å². The van der Waals surface area contributed by atoms with Gasteiger partial charge in [-0.3, -0.25) is 4.90 Å². The van der Waals surface area contributed by atoms with Crippen molar-refractivity contribution in [1.29, 1.82) is 0 Å². The van der Waals surface area contributed by atoms with Gasteiger partial charge in [0.1, 0.15) is 5.75 Å². The first kappa shape index (κ1) is 14.8. The van der Waals surface area contributed by atoms with Crippen molar-refractivity contribution < 1.29 is 18.3 Å². The average Bonchev–Trinajstić information content (AvgIpc) is 2.26. The maximum absolute atomic E-state index is 12.5. The van der Waals surface area contributed by atoms with Crippen LogP contribution in [-0.2, 0) is 0 Å². The quantitative estimate of drug-likeness (QED) is 0.873. The first-order valence-electron chi connectivity index (χ1n) is 5.94. The summed E-state index contributed by atoms with van der Waals surface area (Å²) in [4.78, 5) is 1.33. The Morgan fingerprint density at radius 1 is 1.28 bits per heavy atom. The van der Waals surface area contributed by atoms with Crippen molar-refractivity contribution in [3.05, 3.63) is 29.8 Å². The Bertz CT molecular complexity index is 379. The smallest absolute Gasteiger partial charge is 0.401 e. The van der Waals surface area contributed by atoms with Crippen LogP contribution in [0, 0.1) is 0 Å². The summed E-state index contributed by atoms with van der Waals surface area (Å²) in [6.45, 7) is 2.89. The zero-order valence-electron chi connectivity index (χ0n) is 10.5. The van der Waals surface area contributed by atoms with Gasteiger partial charge in [0.05, 0.1) is 6.54 Å². The van der Waals surface area contributed by atoms with E-state index in [2.05, 4.69) is 0 Å². The van der Waals surface area contributed by atoms with E-state index >= 15 is 0 Å². The number of phenolic OH excluding ortho intramolecular Hbond substituents is 1. The summed E-state index contributed by atoms with van der Waals surface area (Å²) in [5.74, 6) is 0.0354. The van der Waals surface area contributed by atoms with Crippen molar-refractivity contribution >= 4 is 0 Å². The summed E-state index contributed by atoms with van der Waals surface area (Å²) in [6.07, 6.45) is -3.60. The molecule has 1 unspecified atom stereocenters. The minimum absolute atomic E-state index is 0.0354. The van der Waals surface area contributed by atoms with E-state index in [4.69, 9.17) is 0 Å². The lowest BCUT2D eigenvalue weighted by atomic mass is 10.1. The Kier molecular flexibility index (Phi) is 5.02. The Balaban J connectivity index is 2.89. The minimum atomic E-state index is -4.23. The lowest BCUT2D eigenvalue weighted by Gasteiger charge is -2.30. The molecule has 0 bridgehead atoms. The van der Waals surface area contributed by atoms with Crippen molar-refractivity contribution in [3.8, 4) is 5.75 Å². The molecule has 1 aromatic rings. The van der Waals surface area contributed by atoms with Gasteiger partial charge in [0.2, 0.25) is 0 Å². The third-order valence-corrected chi connectivity index (χ3v) is 2.83. The van der Waals surface area contributed by atoms with Gasteiger partial charge in [-0.25, -0.2) is 0 Å². The summed E-state index contributed by atoms with van der Waals surface area (Å²) in [5.41, 5.74) is 0.523. The number of hydrogen-bond donors (Lipinski definition) is 1. The Morgan fingerprint density at radius 2 is 1.89 bits per heavy atom. The fraction of sp³-hybridized carbons (Fsp3) is 0.538. The number of hydrogen-bond acceptors (Lipinski definition) is 2. The van der Waals surface area contributed by atoms with Crippen LogP contribution in [0.15, 0.2) is 24.3 Å². The van der Waals surface area contributed by atoms with Crippen molar-refractivity contribution in [2.24, 2.45) is 0 Å². The largest absolute Gasteiger partial charge is 0.508 e. The topological polar surface area (TPSA) is 23.5 Å². The molecule has 0 fully saturated rings. The van der Waals surface area contributed by atoms with E-state index in [1.54, 1.807) is 25.1 Å².